The lowest BCUT2D eigenvalue weighted by Crippen LogP contribution is -2.33. The van der Waals surface area contributed by atoms with Gasteiger partial charge < -0.3 is 5.32 Å². The second-order valence-corrected chi connectivity index (χ2v) is 6.77. The molecule has 136 valence electrons. The van der Waals surface area contributed by atoms with E-state index in [0.717, 1.165) is 23.2 Å². The minimum Gasteiger partial charge on any atom is -0.312 e. The van der Waals surface area contributed by atoms with Gasteiger partial charge in [-0.05, 0) is 37.9 Å². The molecule has 1 aliphatic rings. The van der Waals surface area contributed by atoms with Crippen molar-refractivity contribution in [3.8, 4) is 11.3 Å². The second-order valence-electron chi connectivity index (χ2n) is 6.77. The number of H-pyrrole nitrogens is 1. The number of aryl methyl sites for hydroxylation is 1. The predicted octanol–water partition coefficient (Wildman–Crippen LogP) is 3.36. The number of aromatic nitrogens is 2. The minimum absolute atomic E-state index is 0.261. The van der Waals surface area contributed by atoms with E-state index in [2.05, 4.69) is 39.8 Å². The predicted molar refractivity (Wildman–Crippen MR) is 91.1 cm³/mol. The van der Waals surface area contributed by atoms with E-state index in [-0.39, 0.29) is 5.92 Å². The standard InChI is InChI=1S/C18H23F3N4/c1-13-2-4-15(5-3-13)17-16(10-23-24-17)9-22-8-14-6-7-25(11-14)12-18(19,20)21/h2-5,10,14,22H,6-9,11-12H2,1H3,(H,23,24)/t14-/m1/s1. The number of benzene rings is 1. The van der Waals surface area contributed by atoms with E-state index in [9.17, 15) is 13.2 Å². The van der Waals surface area contributed by atoms with Crippen LogP contribution in [-0.2, 0) is 6.54 Å². The monoisotopic (exact) mass is 352 g/mol. The fourth-order valence-electron chi connectivity index (χ4n) is 3.30. The third kappa shape index (κ3) is 5.06. The average Bonchev–Trinajstić information content (AvgIpc) is 3.16. The lowest BCUT2D eigenvalue weighted by Gasteiger charge is -2.18. The second kappa shape index (κ2) is 7.58. The highest BCUT2D eigenvalue weighted by Crippen LogP contribution is 2.23. The van der Waals surface area contributed by atoms with Crippen molar-refractivity contribution in [2.24, 2.45) is 5.92 Å². The third-order valence-corrected chi connectivity index (χ3v) is 4.58. The van der Waals surface area contributed by atoms with Crippen molar-refractivity contribution in [2.45, 2.75) is 26.1 Å². The van der Waals surface area contributed by atoms with Gasteiger partial charge in [0.15, 0.2) is 0 Å². The lowest BCUT2D eigenvalue weighted by atomic mass is 10.1. The molecule has 0 saturated carbocycles. The van der Waals surface area contributed by atoms with E-state index in [0.29, 0.717) is 26.2 Å². The van der Waals surface area contributed by atoms with Gasteiger partial charge >= 0.3 is 6.18 Å². The van der Waals surface area contributed by atoms with Crippen LogP contribution in [0.15, 0.2) is 30.5 Å². The topological polar surface area (TPSA) is 44.0 Å². The van der Waals surface area contributed by atoms with Gasteiger partial charge in [-0.1, -0.05) is 29.8 Å². The molecule has 7 heteroatoms. The van der Waals surface area contributed by atoms with E-state index in [1.54, 1.807) is 6.20 Å². The molecule has 0 amide bonds. The van der Waals surface area contributed by atoms with Gasteiger partial charge in [0, 0.05) is 18.7 Å². The van der Waals surface area contributed by atoms with Crippen LogP contribution in [0.3, 0.4) is 0 Å². The SMILES string of the molecule is Cc1ccc(-c2[nH]ncc2CNC[C@H]2CCN(CC(F)(F)F)C2)cc1. The molecule has 0 spiro atoms. The maximum Gasteiger partial charge on any atom is 0.401 e. The number of alkyl halides is 3. The maximum atomic E-state index is 12.4. The first-order valence-electron chi connectivity index (χ1n) is 8.50. The van der Waals surface area contributed by atoms with Crippen LogP contribution in [0.5, 0.6) is 0 Å². The number of rotatable bonds is 6. The van der Waals surface area contributed by atoms with E-state index < -0.39 is 12.7 Å². The summed E-state index contributed by atoms with van der Waals surface area (Å²) >= 11 is 0. The van der Waals surface area contributed by atoms with Gasteiger partial charge in [0.1, 0.15) is 0 Å². The fourth-order valence-corrected chi connectivity index (χ4v) is 3.30. The lowest BCUT2D eigenvalue weighted by molar-refractivity contribution is -0.143. The van der Waals surface area contributed by atoms with Crippen molar-refractivity contribution in [1.29, 1.82) is 0 Å². The van der Waals surface area contributed by atoms with Crippen LogP contribution in [0.4, 0.5) is 13.2 Å². The Morgan fingerprint density at radius 3 is 2.76 bits per heavy atom. The molecule has 0 unspecified atom stereocenters. The molecule has 4 nitrogen and oxygen atoms in total. The van der Waals surface area contributed by atoms with Crippen molar-refractivity contribution in [3.05, 3.63) is 41.6 Å². The van der Waals surface area contributed by atoms with Crippen LogP contribution in [0.25, 0.3) is 11.3 Å². The Kier molecular flexibility index (Phi) is 5.44. The van der Waals surface area contributed by atoms with Gasteiger partial charge in [-0.25, -0.2) is 0 Å². The van der Waals surface area contributed by atoms with Gasteiger partial charge in [-0.15, -0.1) is 0 Å². The first-order chi connectivity index (χ1) is 11.9. The van der Waals surface area contributed by atoms with Crippen molar-refractivity contribution in [2.75, 3.05) is 26.2 Å². The van der Waals surface area contributed by atoms with Crippen molar-refractivity contribution >= 4 is 0 Å². The first-order valence-corrected chi connectivity index (χ1v) is 8.50. The van der Waals surface area contributed by atoms with E-state index in [1.807, 2.05) is 6.92 Å². The van der Waals surface area contributed by atoms with E-state index in [4.69, 9.17) is 0 Å². The summed E-state index contributed by atoms with van der Waals surface area (Å²) in [6.07, 6.45) is -1.51. The first kappa shape index (κ1) is 17.9. The van der Waals surface area contributed by atoms with Crippen LogP contribution in [0, 0.1) is 12.8 Å². The summed E-state index contributed by atoms with van der Waals surface area (Å²) in [6.45, 7) is 3.63. The van der Waals surface area contributed by atoms with Crippen molar-refractivity contribution in [3.63, 3.8) is 0 Å². The molecule has 0 bridgehead atoms. The van der Waals surface area contributed by atoms with Crippen LogP contribution < -0.4 is 5.32 Å². The molecule has 3 rings (SSSR count). The molecule has 1 aromatic heterocycles. The molecule has 1 aromatic carbocycles. The van der Waals surface area contributed by atoms with Gasteiger partial charge in [0.25, 0.3) is 0 Å². The smallest absolute Gasteiger partial charge is 0.312 e. The highest BCUT2D eigenvalue weighted by atomic mass is 19.4. The Morgan fingerprint density at radius 1 is 1.28 bits per heavy atom. The van der Waals surface area contributed by atoms with Gasteiger partial charge in [-0.2, -0.15) is 18.3 Å². The average molecular weight is 352 g/mol. The molecule has 2 aromatic rings. The van der Waals surface area contributed by atoms with E-state index >= 15 is 0 Å². The largest absolute Gasteiger partial charge is 0.401 e. The van der Waals surface area contributed by atoms with Crippen LogP contribution in [-0.4, -0.2) is 47.5 Å². The normalized spacial score (nSPS) is 18.8. The van der Waals surface area contributed by atoms with Crippen LogP contribution >= 0.6 is 0 Å². The highest BCUT2D eigenvalue weighted by molar-refractivity contribution is 5.62. The highest BCUT2D eigenvalue weighted by Gasteiger charge is 2.34. The summed E-state index contributed by atoms with van der Waals surface area (Å²) < 4.78 is 37.3. The Morgan fingerprint density at radius 2 is 2.04 bits per heavy atom. The summed E-state index contributed by atoms with van der Waals surface area (Å²) in [5.74, 6) is 0.261. The fraction of sp³-hybridized carbons (Fsp3) is 0.500. The molecule has 1 saturated heterocycles. The van der Waals surface area contributed by atoms with Crippen LogP contribution in [0.1, 0.15) is 17.5 Å². The summed E-state index contributed by atoms with van der Waals surface area (Å²) in [6, 6.07) is 8.22. The quantitative estimate of drug-likeness (QED) is 0.838. The number of nitrogens with zero attached hydrogens (tertiary/aromatic N) is 2. The molecule has 2 N–H and O–H groups in total. The zero-order valence-electron chi connectivity index (χ0n) is 14.2. The summed E-state index contributed by atoms with van der Waals surface area (Å²) in [5.41, 5.74) is 4.33. The zero-order valence-corrected chi connectivity index (χ0v) is 14.2. The Labute approximate surface area is 145 Å². The zero-order chi connectivity index (χ0) is 17.9. The van der Waals surface area contributed by atoms with Gasteiger partial charge in [-0.3, -0.25) is 10.00 Å². The molecule has 0 radical (unpaired) electrons. The molecule has 2 heterocycles. The molecule has 25 heavy (non-hydrogen) atoms. The van der Waals surface area contributed by atoms with Gasteiger partial charge in [0.05, 0.1) is 18.4 Å². The molecule has 1 atom stereocenters. The summed E-state index contributed by atoms with van der Waals surface area (Å²) in [4.78, 5) is 1.49. The number of halogens is 3. The Balaban J connectivity index is 1.49. The maximum absolute atomic E-state index is 12.4. The summed E-state index contributed by atoms with van der Waals surface area (Å²) in [5, 5.41) is 10.5. The number of hydrogen-bond acceptors (Lipinski definition) is 3. The van der Waals surface area contributed by atoms with Crippen molar-refractivity contribution < 1.29 is 13.2 Å². The number of likely N-dealkylation sites (tertiary alicyclic amines) is 1. The molecule has 0 aliphatic carbocycles. The Hall–Kier alpha value is -1.86. The summed E-state index contributed by atoms with van der Waals surface area (Å²) in [7, 11) is 0. The minimum atomic E-state index is -4.11. The van der Waals surface area contributed by atoms with Crippen LogP contribution in [0.2, 0.25) is 0 Å². The number of nitrogens with one attached hydrogen (secondary N) is 2. The van der Waals surface area contributed by atoms with Gasteiger partial charge in [0.2, 0.25) is 0 Å². The molecule has 1 aliphatic heterocycles. The Bertz CT molecular complexity index is 678. The van der Waals surface area contributed by atoms with E-state index in [1.165, 1.54) is 10.5 Å². The number of hydrogen-bond donors (Lipinski definition) is 2. The molecular formula is C18H23F3N4. The third-order valence-electron chi connectivity index (χ3n) is 4.58. The van der Waals surface area contributed by atoms with Crippen molar-refractivity contribution in [1.82, 2.24) is 20.4 Å². The number of aromatic amines is 1. The molecule has 1 fully saturated rings. The molecular weight excluding hydrogens is 329 g/mol.